The van der Waals surface area contributed by atoms with Crippen molar-refractivity contribution in [2.75, 3.05) is 11.5 Å². The third-order valence-electron chi connectivity index (χ3n) is 3.84. The summed E-state index contributed by atoms with van der Waals surface area (Å²) in [4.78, 5) is 12.0. The quantitative estimate of drug-likeness (QED) is 0.576. The molecule has 1 amide bonds. The number of hydrogen-bond donors (Lipinski definition) is 1. The van der Waals surface area contributed by atoms with Crippen molar-refractivity contribution in [3.05, 3.63) is 46.7 Å². The van der Waals surface area contributed by atoms with Crippen LogP contribution in [0.25, 0.3) is 11.3 Å². The lowest BCUT2D eigenvalue weighted by Gasteiger charge is -2.19. The van der Waals surface area contributed by atoms with Crippen LogP contribution in [0.3, 0.4) is 0 Å². The van der Waals surface area contributed by atoms with E-state index in [-0.39, 0.29) is 9.99 Å². The second-order valence-electron chi connectivity index (χ2n) is 5.97. The number of carbonyl (C=O) groups is 1. The highest BCUT2D eigenvalue weighted by atomic mass is 35.5. The van der Waals surface area contributed by atoms with Gasteiger partial charge in [0.1, 0.15) is 11.5 Å². The number of nitrogens with one attached hydrogen (secondary N) is 1. The first-order chi connectivity index (χ1) is 12.0. The van der Waals surface area contributed by atoms with E-state index in [9.17, 15) is 4.79 Å². The van der Waals surface area contributed by atoms with Crippen molar-refractivity contribution in [1.82, 2.24) is 5.43 Å². The molecule has 0 atom stereocenters. The van der Waals surface area contributed by atoms with E-state index in [1.807, 2.05) is 60.8 Å². The molecule has 1 saturated heterocycles. The van der Waals surface area contributed by atoms with Gasteiger partial charge in [0, 0.05) is 22.1 Å². The Kier molecular flexibility index (Phi) is 5.81. The number of halogens is 1. The third-order valence-corrected chi connectivity index (χ3v) is 7.54. The molecule has 4 nitrogen and oxygen atoms in total. The Morgan fingerprint density at radius 1 is 1.36 bits per heavy atom. The third kappa shape index (κ3) is 4.84. The Labute approximate surface area is 160 Å². The van der Waals surface area contributed by atoms with Crippen molar-refractivity contribution in [3.63, 3.8) is 0 Å². The smallest absolute Gasteiger partial charge is 0.242 e. The number of rotatable bonds is 5. The Morgan fingerprint density at radius 2 is 2.12 bits per heavy atom. The van der Waals surface area contributed by atoms with Crippen LogP contribution in [-0.2, 0) is 4.79 Å². The molecule has 0 radical (unpaired) electrons. The Hall–Kier alpha value is -1.37. The highest BCUT2D eigenvalue weighted by Crippen LogP contribution is 2.45. The standard InChI is InChI=1S/C18H19ClN2O2S2/c1-12-3-4-13(9-15(12)19)16-6-5-14(23-16)11-20-21-17(22)10-18(2)24-7-8-25-18/h3-6,9,11H,7-8,10H2,1-2H3,(H,21,22)/b20-11-. The number of nitrogens with zero attached hydrogens (tertiary/aromatic N) is 1. The molecule has 1 aliphatic rings. The topological polar surface area (TPSA) is 54.6 Å². The van der Waals surface area contributed by atoms with Crippen molar-refractivity contribution >= 4 is 47.2 Å². The predicted octanol–water partition coefficient (Wildman–Crippen LogP) is 4.94. The minimum Gasteiger partial charge on any atom is -0.455 e. The van der Waals surface area contributed by atoms with E-state index in [2.05, 4.69) is 17.5 Å². The molecule has 7 heteroatoms. The maximum Gasteiger partial charge on any atom is 0.242 e. The summed E-state index contributed by atoms with van der Waals surface area (Å²) in [5.74, 6) is 3.38. The van der Waals surface area contributed by atoms with Crippen LogP contribution >= 0.6 is 35.1 Å². The lowest BCUT2D eigenvalue weighted by Crippen LogP contribution is -2.26. The van der Waals surface area contributed by atoms with Gasteiger partial charge in [-0.05, 0) is 37.6 Å². The highest BCUT2D eigenvalue weighted by molar-refractivity contribution is 8.21. The SMILES string of the molecule is Cc1ccc(-c2ccc(/C=N\NC(=O)CC3(C)SCCS3)o2)cc1Cl. The minimum atomic E-state index is -0.0854. The van der Waals surface area contributed by atoms with Crippen molar-refractivity contribution in [3.8, 4) is 11.3 Å². The molecular weight excluding hydrogens is 376 g/mol. The zero-order valence-electron chi connectivity index (χ0n) is 14.0. The summed E-state index contributed by atoms with van der Waals surface area (Å²) in [6.45, 7) is 4.06. The summed E-state index contributed by atoms with van der Waals surface area (Å²) in [7, 11) is 0. The van der Waals surface area contributed by atoms with Crippen LogP contribution in [0.5, 0.6) is 0 Å². The van der Waals surface area contributed by atoms with Crippen LogP contribution in [0, 0.1) is 6.92 Å². The molecule has 0 saturated carbocycles. The molecule has 2 aromatic rings. The Bertz CT molecular complexity index is 798. The van der Waals surface area contributed by atoms with Crippen molar-refractivity contribution in [2.45, 2.75) is 24.3 Å². The summed E-state index contributed by atoms with van der Waals surface area (Å²) < 4.78 is 5.69. The number of carbonyl (C=O) groups excluding carboxylic acids is 1. The summed E-state index contributed by atoms with van der Waals surface area (Å²) in [5.41, 5.74) is 4.50. The molecule has 0 bridgehead atoms. The lowest BCUT2D eigenvalue weighted by molar-refractivity contribution is -0.121. The van der Waals surface area contributed by atoms with Crippen LogP contribution < -0.4 is 5.43 Å². The molecule has 0 aliphatic carbocycles. The van der Waals surface area contributed by atoms with Crippen LogP contribution in [0.15, 0.2) is 39.9 Å². The second kappa shape index (κ2) is 7.89. The second-order valence-corrected chi connectivity index (χ2v) is 9.83. The van der Waals surface area contributed by atoms with Gasteiger partial charge in [0.25, 0.3) is 0 Å². The zero-order valence-corrected chi connectivity index (χ0v) is 16.4. The fourth-order valence-corrected chi connectivity index (χ4v) is 5.49. The van der Waals surface area contributed by atoms with E-state index in [4.69, 9.17) is 16.0 Å². The van der Waals surface area contributed by atoms with Gasteiger partial charge in [0.15, 0.2) is 0 Å². The van der Waals surface area contributed by atoms with E-state index in [1.165, 1.54) is 6.21 Å². The number of furan rings is 1. The molecule has 1 N–H and O–H groups in total. The minimum absolute atomic E-state index is 0.0395. The van der Waals surface area contributed by atoms with Gasteiger partial charge in [0.2, 0.25) is 5.91 Å². The molecule has 0 unspecified atom stereocenters. The number of hydrazone groups is 1. The van der Waals surface area contributed by atoms with Gasteiger partial charge in [-0.1, -0.05) is 23.7 Å². The van der Waals surface area contributed by atoms with Gasteiger partial charge in [-0.2, -0.15) is 5.10 Å². The fourth-order valence-electron chi connectivity index (χ4n) is 2.48. The molecule has 2 heterocycles. The maximum atomic E-state index is 12.0. The average Bonchev–Trinajstić information content (AvgIpc) is 3.19. The first-order valence-electron chi connectivity index (χ1n) is 7.91. The van der Waals surface area contributed by atoms with E-state index in [1.54, 1.807) is 0 Å². The fraction of sp³-hybridized carbons (Fsp3) is 0.333. The molecular formula is C18H19ClN2O2S2. The summed E-state index contributed by atoms with van der Waals surface area (Å²) >= 11 is 9.80. The lowest BCUT2D eigenvalue weighted by atomic mass is 10.1. The van der Waals surface area contributed by atoms with Crippen molar-refractivity contribution < 1.29 is 9.21 Å². The number of amides is 1. The van der Waals surface area contributed by atoms with E-state index < -0.39 is 0 Å². The summed E-state index contributed by atoms with van der Waals surface area (Å²) in [5, 5.41) is 4.69. The molecule has 3 rings (SSSR count). The van der Waals surface area contributed by atoms with Gasteiger partial charge >= 0.3 is 0 Å². The molecule has 0 spiro atoms. The van der Waals surface area contributed by atoms with Crippen molar-refractivity contribution in [2.24, 2.45) is 5.10 Å². The van der Waals surface area contributed by atoms with Gasteiger partial charge < -0.3 is 4.42 Å². The molecule has 1 aromatic carbocycles. The van der Waals surface area contributed by atoms with Crippen LogP contribution in [0.2, 0.25) is 5.02 Å². The molecule has 1 fully saturated rings. The monoisotopic (exact) mass is 394 g/mol. The highest BCUT2D eigenvalue weighted by Gasteiger charge is 2.32. The number of aryl methyl sites for hydroxylation is 1. The molecule has 132 valence electrons. The average molecular weight is 395 g/mol. The normalized spacial score (nSPS) is 16.4. The first kappa shape index (κ1) is 18.4. The summed E-state index contributed by atoms with van der Waals surface area (Å²) in [6.07, 6.45) is 1.96. The van der Waals surface area contributed by atoms with E-state index in [0.717, 1.165) is 22.6 Å². The van der Waals surface area contributed by atoms with Gasteiger partial charge in [0.05, 0.1) is 16.7 Å². The number of hydrogen-bond acceptors (Lipinski definition) is 5. The van der Waals surface area contributed by atoms with Crippen LogP contribution in [-0.4, -0.2) is 27.7 Å². The molecule has 25 heavy (non-hydrogen) atoms. The molecule has 1 aromatic heterocycles. The largest absolute Gasteiger partial charge is 0.455 e. The van der Waals surface area contributed by atoms with Gasteiger partial charge in [-0.3, -0.25) is 4.79 Å². The van der Waals surface area contributed by atoms with Gasteiger partial charge in [-0.25, -0.2) is 5.43 Å². The van der Waals surface area contributed by atoms with Gasteiger partial charge in [-0.15, -0.1) is 23.5 Å². The maximum absolute atomic E-state index is 12.0. The Balaban J connectivity index is 1.58. The number of benzene rings is 1. The van der Waals surface area contributed by atoms with Crippen molar-refractivity contribution in [1.29, 1.82) is 0 Å². The molecule has 1 aliphatic heterocycles. The summed E-state index contributed by atoms with van der Waals surface area (Å²) in [6, 6.07) is 9.45. The van der Waals surface area contributed by atoms with Crippen LogP contribution in [0.4, 0.5) is 0 Å². The van der Waals surface area contributed by atoms with E-state index >= 15 is 0 Å². The number of thioether (sulfide) groups is 2. The first-order valence-corrected chi connectivity index (χ1v) is 10.3. The van der Waals surface area contributed by atoms with E-state index in [0.29, 0.717) is 23.0 Å². The zero-order chi connectivity index (χ0) is 17.9. The van der Waals surface area contributed by atoms with Crippen LogP contribution in [0.1, 0.15) is 24.7 Å². The Morgan fingerprint density at radius 3 is 2.84 bits per heavy atom. The predicted molar refractivity (Wildman–Crippen MR) is 108 cm³/mol.